The van der Waals surface area contributed by atoms with E-state index in [2.05, 4.69) is 5.32 Å². The molecule has 0 aliphatic heterocycles. The summed E-state index contributed by atoms with van der Waals surface area (Å²) in [6, 6.07) is 17.0. The molecule has 0 aromatic heterocycles. The minimum absolute atomic E-state index is 0.0618. The molecule has 3 aromatic rings. The molecule has 0 spiro atoms. The molecule has 1 amide bonds. The second-order valence-electron chi connectivity index (χ2n) is 6.25. The van der Waals surface area contributed by atoms with E-state index >= 15 is 0 Å². The highest BCUT2D eigenvalue weighted by Gasteiger charge is 2.17. The van der Waals surface area contributed by atoms with Gasteiger partial charge in [0, 0.05) is 6.07 Å². The van der Waals surface area contributed by atoms with Crippen LogP contribution in [0.4, 0.5) is 14.5 Å². The number of hydrogen-bond donors (Lipinski definition) is 2. The number of carbonyl (C=O) groups is 2. The topological polar surface area (TPSA) is 66.4 Å². The predicted molar refractivity (Wildman–Crippen MR) is 102 cm³/mol. The fourth-order valence-electron chi connectivity index (χ4n) is 2.83. The fourth-order valence-corrected chi connectivity index (χ4v) is 2.83. The van der Waals surface area contributed by atoms with Gasteiger partial charge in [-0.1, -0.05) is 36.4 Å². The Balaban J connectivity index is 1.83. The summed E-state index contributed by atoms with van der Waals surface area (Å²) in [5.74, 6) is -3.89. The van der Waals surface area contributed by atoms with Gasteiger partial charge < -0.3 is 10.4 Å². The number of halogens is 2. The average Bonchev–Trinajstić information content (AvgIpc) is 2.67. The maximum absolute atomic E-state index is 13.8. The molecule has 0 bridgehead atoms. The van der Waals surface area contributed by atoms with Crippen molar-refractivity contribution in [3.63, 3.8) is 0 Å². The summed E-state index contributed by atoms with van der Waals surface area (Å²) in [5.41, 5.74) is 1.53. The molecule has 0 aliphatic rings. The first-order valence-corrected chi connectivity index (χ1v) is 8.60. The van der Waals surface area contributed by atoms with Crippen LogP contribution in [0.25, 0.3) is 0 Å². The number of rotatable bonds is 6. The number of nitrogens with one attached hydrogen (secondary N) is 1. The third kappa shape index (κ3) is 4.59. The van der Waals surface area contributed by atoms with Crippen molar-refractivity contribution >= 4 is 17.6 Å². The van der Waals surface area contributed by atoms with E-state index in [1.54, 1.807) is 12.1 Å². The van der Waals surface area contributed by atoms with Crippen LogP contribution in [-0.2, 0) is 12.8 Å². The molecule has 3 rings (SSSR count). The van der Waals surface area contributed by atoms with Gasteiger partial charge in [0.1, 0.15) is 11.6 Å². The van der Waals surface area contributed by atoms with E-state index < -0.39 is 23.5 Å². The van der Waals surface area contributed by atoms with Gasteiger partial charge in [-0.3, -0.25) is 4.79 Å². The van der Waals surface area contributed by atoms with Crippen LogP contribution in [0, 0.1) is 11.6 Å². The Kier molecular flexibility index (Phi) is 5.79. The zero-order valence-corrected chi connectivity index (χ0v) is 14.8. The van der Waals surface area contributed by atoms with Crippen LogP contribution in [0.15, 0.2) is 66.7 Å². The fraction of sp³-hybridized carbons (Fsp3) is 0.0909. The van der Waals surface area contributed by atoms with Crippen molar-refractivity contribution < 1.29 is 23.5 Å². The summed E-state index contributed by atoms with van der Waals surface area (Å²) in [7, 11) is 0. The molecule has 0 heterocycles. The summed E-state index contributed by atoms with van der Waals surface area (Å²) in [4.78, 5) is 23.8. The predicted octanol–water partition coefficient (Wildman–Crippen LogP) is 4.70. The van der Waals surface area contributed by atoms with Crippen molar-refractivity contribution in [2.45, 2.75) is 12.8 Å². The molecule has 0 atom stereocenters. The Hall–Kier alpha value is -3.54. The van der Waals surface area contributed by atoms with Crippen molar-refractivity contribution in [3.05, 3.63) is 101 Å². The molecule has 0 radical (unpaired) electrons. The molecule has 28 heavy (non-hydrogen) atoms. The van der Waals surface area contributed by atoms with Crippen molar-refractivity contribution in [2.75, 3.05) is 5.32 Å². The number of carboxylic acids is 1. The lowest BCUT2D eigenvalue weighted by Gasteiger charge is -2.11. The molecule has 2 N–H and O–H groups in total. The molecule has 0 unspecified atom stereocenters. The van der Waals surface area contributed by atoms with E-state index in [0.717, 1.165) is 29.7 Å². The number of aryl methyl sites for hydroxylation is 2. The molecule has 142 valence electrons. The van der Waals surface area contributed by atoms with Gasteiger partial charge in [0.15, 0.2) is 0 Å². The number of anilines is 1. The largest absolute Gasteiger partial charge is 0.478 e. The zero-order chi connectivity index (χ0) is 20.1. The van der Waals surface area contributed by atoms with E-state index in [9.17, 15) is 23.5 Å². The van der Waals surface area contributed by atoms with Crippen LogP contribution >= 0.6 is 0 Å². The molecule has 0 aliphatic carbocycles. The smallest absolute Gasteiger partial charge is 0.337 e. The number of hydrogen-bond acceptors (Lipinski definition) is 2. The highest BCUT2D eigenvalue weighted by molar-refractivity contribution is 6.07. The number of carboxylic acid groups (broad SMARTS) is 1. The first kappa shape index (κ1) is 19.2. The van der Waals surface area contributed by atoms with Crippen molar-refractivity contribution in [2.24, 2.45) is 0 Å². The van der Waals surface area contributed by atoms with Crippen LogP contribution in [0.1, 0.15) is 31.8 Å². The Morgan fingerprint density at radius 3 is 2.18 bits per heavy atom. The number of aromatic carboxylic acids is 1. The van der Waals surface area contributed by atoms with Crippen LogP contribution in [0.5, 0.6) is 0 Å². The highest BCUT2D eigenvalue weighted by atomic mass is 19.1. The van der Waals surface area contributed by atoms with E-state index in [-0.39, 0.29) is 16.8 Å². The number of amides is 1. The number of carbonyl (C=O) groups excluding carboxylic acids is 1. The second-order valence-corrected chi connectivity index (χ2v) is 6.25. The quantitative estimate of drug-likeness (QED) is 0.650. The third-order valence-electron chi connectivity index (χ3n) is 4.28. The van der Waals surface area contributed by atoms with E-state index in [1.165, 1.54) is 6.07 Å². The summed E-state index contributed by atoms with van der Waals surface area (Å²) in [6.45, 7) is 0. The van der Waals surface area contributed by atoms with E-state index in [1.807, 2.05) is 30.3 Å². The normalized spacial score (nSPS) is 10.5. The Morgan fingerprint density at radius 1 is 0.821 bits per heavy atom. The van der Waals surface area contributed by atoms with Crippen molar-refractivity contribution in [1.29, 1.82) is 0 Å². The Bertz CT molecular complexity index is 1020. The lowest BCUT2D eigenvalue weighted by Crippen LogP contribution is -2.16. The molecule has 4 nitrogen and oxygen atoms in total. The van der Waals surface area contributed by atoms with E-state index in [4.69, 9.17) is 0 Å². The van der Waals surface area contributed by atoms with Gasteiger partial charge in [-0.2, -0.15) is 0 Å². The Labute approximate surface area is 160 Å². The average molecular weight is 381 g/mol. The SMILES string of the molecule is O=C(Nc1cc(CCc2ccccc2)ccc1C(=O)O)c1ccc(F)cc1F. The van der Waals surface area contributed by atoms with Crippen LogP contribution in [0.2, 0.25) is 0 Å². The molecule has 3 aromatic carbocycles. The number of benzene rings is 3. The van der Waals surface area contributed by atoms with Crippen molar-refractivity contribution in [1.82, 2.24) is 0 Å². The van der Waals surface area contributed by atoms with Gasteiger partial charge in [0.2, 0.25) is 0 Å². The lowest BCUT2D eigenvalue weighted by molar-refractivity contribution is 0.0698. The zero-order valence-electron chi connectivity index (χ0n) is 14.8. The molecule has 0 saturated carbocycles. The van der Waals surface area contributed by atoms with E-state index in [0.29, 0.717) is 12.5 Å². The van der Waals surface area contributed by atoms with Gasteiger partial charge in [0.05, 0.1) is 16.8 Å². The monoisotopic (exact) mass is 381 g/mol. The molecule has 0 saturated heterocycles. The summed E-state index contributed by atoms with van der Waals surface area (Å²) >= 11 is 0. The molecule has 0 fully saturated rings. The van der Waals surface area contributed by atoms with Crippen LogP contribution in [-0.4, -0.2) is 17.0 Å². The maximum Gasteiger partial charge on any atom is 0.337 e. The van der Waals surface area contributed by atoms with Gasteiger partial charge in [0.25, 0.3) is 5.91 Å². The van der Waals surface area contributed by atoms with Gasteiger partial charge in [-0.15, -0.1) is 0 Å². The first-order chi connectivity index (χ1) is 13.4. The lowest BCUT2D eigenvalue weighted by atomic mass is 10.0. The van der Waals surface area contributed by atoms with Crippen LogP contribution in [0.3, 0.4) is 0 Å². The minimum Gasteiger partial charge on any atom is -0.478 e. The summed E-state index contributed by atoms with van der Waals surface area (Å²) in [6.07, 6.45) is 1.38. The molecule has 6 heteroatoms. The van der Waals surface area contributed by atoms with Gasteiger partial charge in [-0.05, 0) is 48.2 Å². The van der Waals surface area contributed by atoms with Crippen molar-refractivity contribution in [3.8, 4) is 0 Å². The Morgan fingerprint density at radius 2 is 1.50 bits per heavy atom. The molecular weight excluding hydrogens is 364 g/mol. The second kappa shape index (κ2) is 8.43. The van der Waals surface area contributed by atoms with Crippen LogP contribution < -0.4 is 5.32 Å². The van der Waals surface area contributed by atoms with Gasteiger partial charge >= 0.3 is 5.97 Å². The van der Waals surface area contributed by atoms with Gasteiger partial charge in [-0.25, -0.2) is 13.6 Å². The minimum atomic E-state index is -1.22. The summed E-state index contributed by atoms with van der Waals surface area (Å²) < 4.78 is 26.9. The standard InChI is InChI=1S/C22H17F2NO3/c23-16-9-11-17(19(24)13-16)21(26)25-20-12-15(8-10-18(20)22(27)28)7-6-14-4-2-1-3-5-14/h1-5,8-13H,6-7H2,(H,25,26)(H,27,28). The molecular formula is C22H17F2NO3. The summed E-state index contributed by atoms with van der Waals surface area (Å²) in [5, 5.41) is 11.8. The third-order valence-corrected chi connectivity index (χ3v) is 4.28. The highest BCUT2D eigenvalue weighted by Crippen LogP contribution is 2.21. The maximum atomic E-state index is 13.8. The first-order valence-electron chi connectivity index (χ1n) is 8.60.